The Bertz CT molecular complexity index is 723. The molecule has 0 fully saturated rings. The summed E-state index contributed by atoms with van der Waals surface area (Å²) in [4.78, 5) is 9.59. The van der Waals surface area contributed by atoms with Gasteiger partial charge < -0.3 is 0 Å². The van der Waals surface area contributed by atoms with Gasteiger partial charge in [-0.3, -0.25) is 4.18 Å². The van der Waals surface area contributed by atoms with Gasteiger partial charge in [-0.25, -0.2) is 4.79 Å². The van der Waals surface area contributed by atoms with Gasteiger partial charge in [0.25, 0.3) is 6.08 Å². The highest BCUT2D eigenvalue weighted by molar-refractivity contribution is 7.85. The van der Waals surface area contributed by atoms with E-state index in [9.17, 15) is 70.3 Å². The predicted molar refractivity (Wildman–Crippen MR) is 58.4 cm³/mol. The molecule has 19 heteroatoms. The van der Waals surface area contributed by atoms with Crippen LogP contribution < -0.4 is 0 Å². The van der Waals surface area contributed by atoms with Crippen molar-refractivity contribution >= 4 is 16.4 Å². The molecule has 0 spiro atoms. The topological polar surface area (TPSA) is 72.8 Å². The van der Waals surface area contributed by atoms with E-state index in [1.165, 1.54) is 0 Å². The van der Waals surface area contributed by atoms with Crippen LogP contribution in [0.5, 0.6) is 0 Å². The normalized spacial score (nSPS) is 15.3. The summed E-state index contributed by atoms with van der Waals surface area (Å²) in [5.41, 5.74) is 0. The minimum Gasteiger partial charge on any atom is -0.251 e. The minimum absolute atomic E-state index is 0.278. The molecule has 0 bridgehead atoms. The van der Waals surface area contributed by atoms with Gasteiger partial charge in [0.15, 0.2) is 0 Å². The number of hydrogen-bond donors (Lipinski definition) is 0. The third-order valence-corrected chi connectivity index (χ3v) is 3.56. The largest absolute Gasteiger partial charge is 0.460 e. The van der Waals surface area contributed by atoms with Crippen molar-refractivity contribution in [3.63, 3.8) is 0 Å². The van der Waals surface area contributed by atoms with Gasteiger partial charge in [-0.2, -0.15) is 65.5 Å². The first-order chi connectivity index (χ1) is 12.0. The Morgan fingerprint density at radius 3 is 1.46 bits per heavy atom. The maximum Gasteiger partial charge on any atom is 0.460 e. The van der Waals surface area contributed by atoms with Crippen LogP contribution in [0.2, 0.25) is 0 Å². The molecule has 0 saturated heterocycles. The van der Waals surface area contributed by atoms with Crippen LogP contribution >= 0.6 is 0 Å². The van der Waals surface area contributed by atoms with E-state index in [1.807, 2.05) is 0 Å². The Labute approximate surface area is 145 Å². The molecule has 0 N–H and O–H groups in total. The summed E-state index contributed by atoms with van der Waals surface area (Å²) in [7, 11) is -5.39. The van der Waals surface area contributed by atoms with Crippen LogP contribution in [0, 0.1) is 0 Å². The van der Waals surface area contributed by atoms with Gasteiger partial charge in [-0.15, -0.1) is 0 Å². The third-order valence-electron chi connectivity index (χ3n) is 2.80. The van der Waals surface area contributed by atoms with Crippen LogP contribution in [0.1, 0.15) is 6.42 Å². The number of nitrogens with zero attached hydrogens (tertiary/aromatic N) is 1. The minimum atomic E-state index is -8.06. The maximum absolute atomic E-state index is 13.2. The number of alkyl halides is 13. The lowest BCUT2D eigenvalue weighted by atomic mass is 9.93. The summed E-state index contributed by atoms with van der Waals surface area (Å²) in [6.45, 7) is -2.24. The zero-order chi connectivity index (χ0) is 23.0. The van der Waals surface area contributed by atoms with E-state index >= 15 is 0 Å². The number of hydrogen-bond acceptors (Lipinski definition) is 4. The molecule has 0 heterocycles. The van der Waals surface area contributed by atoms with Crippen molar-refractivity contribution in [2.75, 3.05) is 6.61 Å². The fourth-order valence-corrected chi connectivity index (χ4v) is 1.74. The lowest BCUT2D eigenvalue weighted by Gasteiger charge is -2.39. The van der Waals surface area contributed by atoms with E-state index < -0.39 is 59.1 Å². The van der Waals surface area contributed by atoms with Gasteiger partial charge in [0.1, 0.15) is 0 Å². The Morgan fingerprint density at radius 2 is 1.11 bits per heavy atom. The van der Waals surface area contributed by atoms with Crippen molar-refractivity contribution in [3.05, 3.63) is 0 Å². The number of carbonyl (C=O) groups excluding carboxylic acids is 1. The second-order valence-corrected chi connectivity index (χ2v) is 5.96. The summed E-state index contributed by atoms with van der Waals surface area (Å²) in [5, 5.41) is 0. The van der Waals surface area contributed by atoms with Gasteiger partial charge in [-0.1, -0.05) is 4.40 Å². The first-order valence-corrected chi connectivity index (χ1v) is 7.32. The molecular weight excluding hydrogens is 465 g/mol. The van der Waals surface area contributed by atoms with E-state index in [0.29, 0.717) is 0 Å². The van der Waals surface area contributed by atoms with Crippen LogP contribution in [0.4, 0.5) is 57.1 Å². The van der Waals surface area contributed by atoms with Crippen LogP contribution in [-0.2, 0) is 19.3 Å². The quantitative estimate of drug-likeness (QED) is 0.293. The molecule has 28 heavy (non-hydrogen) atoms. The lowest BCUT2D eigenvalue weighted by molar-refractivity contribution is -0.440. The molecule has 0 rings (SSSR count). The van der Waals surface area contributed by atoms with Gasteiger partial charge in [0.2, 0.25) is 0 Å². The van der Waals surface area contributed by atoms with Crippen molar-refractivity contribution in [2.24, 2.45) is 4.40 Å². The molecule has 0 radical (unpaired) electrons. The number of rotatable bonds is 9. The second kappa shape index (κ2) is 7.33. The van der Waals surface area contributed by atoms with Gasteiger partial charge in [0.05, 0.1) is 6.61 Å². The predicted octanol–water partition coefficient (Wildman–Crippen LogP) is 3.71. The molecule has 0 unspecified atom stereocenters. The van der Waals surface area contributed by atoms with E-state index in [-0.39, 0.29) is 6.08 Å². The van der Waals surface area contributed by atoms with E-state index in [1.54, 1.807) is 4.40 Å². The Balaban J connectivity index is 5.89. The molecule has 166 valence electrons. The average Bonchev–Trinajstić information content (AvgIpc) is 2.44. The second-order valence-electron chi connectivity index (χ2n) is 4.68. The summed E-state index contributed by atoms with van der Waals surface area (Å²) < 4.78 is 192. The summed E-state index contributed by atoms with van der Waals surface area (Å²) in [5.74, 6) is -38.0. The fraction of sp³-hybridized carbons (Fsp3) is 0.889. The van der Waals surface area contributed by atoms with E-state index in [2.05, 4.69) is 4.18 Å². The molecule has 0 aliphatic heterocycles. The molecule has 0 atom stereocenters. The van der Waals surface area contributed by atoms with Crippen LogP contribution in [0.25, 0.3) is 0 Å². The summed E-state index contributed by atoms with van der Waals surface area (Å²) >= 11 is 0. The highest BCUT2D eigenvalue weighted by Crippen LogP contribution is 2.60. The van der Waals surface area contributed by atoms with Crippen molar-refractivity contribution in [1.29, 1.82) is 0 Å². The molecule has 0 amide bonds. The standard InChI is InChI=1S/C9H4F13NO4S/c10-4(11,1-2-27-28(25,26)23-3-24)5(12,13)6(14,15)7(16,17)8(18,19)9(20,21)22/h1-2H2. The van der Waals surface area contributed by atoms with Crippen molar-refractivity contribution in [1.82, 2.24) is 0 Å². The number of isocyanates is 1. The summed E-state index contributed by atoms with van der Waals surface area (Å²) in [6, 6.07) is 0. The molecule has 5 nitrogen and oxygen atoms in total. The maximum atomic E-state index is 13.2. The Morgan fingerprint density at radius 1 is 0.714 bits per heavy atom. The van der Waals surface area contributed by atoms with E-state index in [0.717, 1.165) is 0 Å². The highest BCUT2D eigenvalue weighted by atomic mass is 32.2. The average molecular weight is 469 g/mol. The third kappa shape index (κ3) is 4.35. The molecule has 0 saturated carbocycles. The van der Waals surface area contributed by atoms with Crippen molar-refractivity contribution in [2.45, 2.75) is 42.2 Å². The molecule has 0 aliphatic rings. The zero-order valence-corrected chi connectivity index (χ0v) is 13.1. The first-order valence-electron chi connectivity index (χ1n) is 5.96. The van der Waals surface area contributed by atoms with Crippen molar-refractivity contribution in [3.8, 4) is 0 Å². The highest BCUT2D eigenvalue weighted by Gasteiger charge is 2.90. The first kappa shape index (κ1) is 26.4. The van der Waals surface area contributed by atoms with Gasteiger partial charge in [0, 0.05) is 6.42 Å². The molecule has 0 aliphatic carbocycles. The Kier molecular flexibility index (Phi) is 6.90. The van der Waals surface area contributed by atoms with Crippen LogP contribution in [0.3, 0.4) is 0 Å². The molecular formula is C9H4F13NO4S. The SMILES string of the molecule is O=C=NS(=O)(=O)OCCC(F)(F)C(F)(F)C(F)(F)C(F)(F)C(F)(F)C(F)(F)F. The van der Waals surface area contributed by atoms with Gasteiger partial charge >= 0.3 is 46.1 Å². The van der Waals surface area contributed by atoms with E-state index in [4.69, 9.17) is 0 Å². The summed E-state index contributed by atoms with van der Waals surface area (Å²) in [6.07, 6.45) is -10.2. The van der Waals surface area contributed by atoms with Crippen LogP contribution in [0.15, 0.2) is 4.40 Å². The zero-order valence-electron chi connectivity index (χ0n) is 12.3. The molecule has 0 aromatic heterocycles. The Hall–Kier alpha value is -1.62. The smallest absolute Gasteiger partial charge is 0.251 e. The number of halogens is 13. The monoisotopic (exact) mass is 469 g/mol. The fourth-order valence-electron chi connectivity index (χ4n) is 1.31. The molecule has 0 aromatic rings. The van der Waals surface area contributed by atoms with Gasteiger partial charge in [-0.05, 0) is 0 Å². The lowest BCUT2D eigenvalue weighted by Crippen LogP contribution is -2.70. The van der Waals surface area contributed by atoms with Crippen LogP contribution in [-0.4, -0.2) is 56.9 Å². The van der Waals surface area contributed by atoms with Crippen molar-refractivity contribution < 1.29 is 74.5 Å². The molecule has 0 aromatic carbocycles.